The first kappa shape index (κ1) is 17.0. The minimum atomic E-state index is -0.214. The first-order valence-corrected chi connectivity index (χ1v) is 8.39. The average molecular weight is 304 g/mol. The summed E-state index contributed by atoms with van der Waals surface area (Å²) in [5, 5.41) is 9.40. The largest absolute Gasteiger partial charge is 0.396 e. The summed E-state index contributed by atoms with van der Waals surface area (Å²) in [5.41, 5.74) is 1.06. The molecule has 2 atom stereocenters. The van der Waals surface area contributed by atoms with Crippen molar-refractivity contribution in [3.05, 3.63) is 35.9 Å². The third-order valence-corrected chi connectivity index (χ3v) is 4.62. The predicted octanol–water partition coefficient (Wildman–Crippen LogP) is 2.30. The molecule has 122 valence electrons. The summed E-state index contributed by atoms with van der Waals surface area (Å²) in [4.78, 5) is 17.3. The van der Waals surface area contributed by atoms with Gasteiger partial charge in [-0.05, 0) is 37.4 Å². The van der Waals surface area contributed by atoms with E-state index in [0.717, 1.165) is 38.0 Å². The number of carbonyl (C=O) groups is 1. The van der Waals surface area contributed by atoms with Gasteiger partial charge in [0.05, 0.1) is 0 Å². The minimum Gasteiger partial charge on any atom is -0.396 e. The third kappa shape index (κ3) is 3.87. The molecule has 1 aromatic carbocycles. The number of piperidine rings is 1. The van der Waals surface area contributed by atoms with Crippen LogP contribution in [0.1, 0.15) is 38.3 Å². The van der Waals surface area contributed by atoms with Gasteiger partial charge in [0, 0.05) is 19.7 Å². The Morgan fingerprint density at radius 3 is 2.59 bits per heavy atom. The molecule has 1 N–H and O–H groups in total. The van der Waals surface area contributed by atoms with Crippen LogP contribution in [0, 0.1) is 5.92 Å². The number of nitrogens with zero attached hydrogens (tertiary/aromatic N) is 2. The Morgan fingerprint density at radius 1 is 1.32 bits per heavy atom. The molecule has 1 aromatic rings. The van der Waals surface area contributed by atoms with Gasteiger partial charge in [-0.2, -0.15) is 0 Å². The number of hydrogen-bond donors (Lipinski definition) is 1. The molecule has 2 unspecified atom stereocenters. The van der Waals surface area contributed by atoms with Crippen LogP contribution in [0.3, 0.4) is 0 Å². The summed E-state index contributed by atoms with van der Waals surface area (Å²) in [5.74, 6) is 0.402. The molecule has 2 rings (SSSR count). The van der Waals surface area contributed by atoms with Gasteiger partial charge in [0.15, 0.2) is 0 Å². The smallest absolute Gasteiger partial charge is 0.244 e. The van der Waals surface area contributed by atoms with Gasteiger partial charge < -0.3 is 10.0 Å². The molecule has 0 radical (unpaired) electrons. The predicted molar refractivity (Wildman–Crippen MR) is 88.5 cm³/mol. The molecular formula is C18H28N2O2. The first-order valence-electron chi connectivity index (χ1n) is 8.39. The van der Waals surface area contributed by atoms with Gasteiger partial charge in [0.2, 0.25) is 5.91 Å². The van der Waals surface area contributed by atoms with Gasteiger partial charge in [-0.3, -0.25) is 9.69 Å². The number of hydrogen-bond acceptors (Lipinski definition) is 3. The Hall–Kier alpha value is -1.39. The summed E-state index contributed by atoms with van der Waals surface area (Å²) in [6, 6.07) is 9.82. The summed E-state index contributed by atoms with van der Waals surface area (Å²) in [6.45, 7) is 7.54. The van der Waals surface area contributed by atoms with Crippen LogP contribution in [-0.4, -0.2) is 53.6 Å². The number of carbonyl (C=O) groups excluding carboxylic acids is 1. The molecule has 0 aromatic heterocycles. The lowest BCUT2D eigenvalue weighted by Gasteiger charge is -2.37. The zero-order valence-corrected chi connectivity index (χ0v) is 13.7. The molecule has 1 heterocycles. The summed E-state index contributed by atoms with van der Waals surface area (Å²) in [7, 11) is 0. The lowest BCUT2D eigenvalue weighted by molar-refractivity contribution is -0.139. The van der Waals surface area contributed by atoms with Gasteiger partial charge in [-0.25, -0.2) is 0 Å². The van der Waals surface area contributed by atoms with Crippen LogP contribution in [0.4, 0.5) is 0 Å². The molecule has 0 bridgehead atoms. The molecule has 1 fully saturated rings. The molecule has 22 heavy (non-hydrogen) atoms. The molecule has 1 aliphatic rings. The number of rotatable bonds is 6. The fourth-order valence-electron chi connectivity index (χ4n) is 3.32. The second-order valence-corrected chi connectivity index (χ2v) is 6.01. The highest BCUT2D eigenvalue weighted by Crippen LogP contribution is 2.26. The highest BCUT2D eigenvalue weighted by atomic mass is 16.3. The van der Waals surface area contributed by atoms with Gasteiger partial charge in [0.1, 0.15) is 6.04 Å². The average Bonchev–Trinajstić information content (AvgIpc) is 2.59. The molecule has 1 saturated heterocycles. The zero-order valence-electron chi connectivity index (χ0n) is 13.7. The Morgan fingerprint density at radius 2 is 2.00 bits per heavy atom. The highest BCUT2D eigenvalue weighted by Gasteiger charge is 2.32. The third-order valence-electron chi connectivity index (χ3n) is 4.62. The molecule has 1 aliphatic heterocycles. The van der Waals surface area contributed by atoms with E-state index in [9.17, 15) is 9.90 Å². The van der Waals surface area contributed by atoms with E-state index in [-0.39, 0.29) is 24.5 Å². The van der Waals surface area contributed by atoms with Crippen LogP contribution < -0.4 is 0 Å². The van der Waals surface area contributed by atoms with Crippen molar-refractivity contribution in [3.63, 3.8) is 0 Å². The maximum Gasteiger partial charge on any atom is 0.244 e. The topological polar surface area (TPSA) is 43.8 Å². The second-order valence-electron chi connectivity index (χ2n) is 6.01. The van der Waals surface area contributed by atoms with E-state index in [0.29, 0.717) is 6.54 Å². The summed E-state index contributed by atoms with van der Waals surface area (Å²) < 4.78 is 0. The van der Waals surface area contributed by atoms with Crippen LogP contribution in [0.2, 0.25) is 0 Å². The van der Waals surface area contributed by atoms with Gasteiger partial charge in [-0.15, -0.1) is 0 Å². The maximum absolute atomic E-state index is 13.1. The van der Waals surface area contributed by atoms with Crippen molar-refractivity contribution in [2.24, 2.45) is 5.92 Å². The van der Waals surface area contributed by atoms with Crippen LogP contribution in [0.25, 0.3) is 0 Å². The van der Waals surface area contributed by atoms with E-state index in [1.807, 2.05) is 35.2 Å². The maximum atomic E-state index is 13.1. The van der Waals surface area contributed by atoms with Crippen LogP contribution >= 0.6 is 0 Å². The van der Waals surface area contributed by atoms with Gasteiger partial charge in [-0.1, -0.05) is 44.2 Å². The summed E-state index contributed by atoms with van der Waals surface area (Å²) in [6.07, 6.45) is 2.00. The van der Waals surface area contributed by atoms with Crippen LogP contribution in [0.15, 0.2) is 30.3 Å². The SMILES string of the molecule is CCN(CC)C(C(=O)N1CCCC(CO)C1)c1ccccc1. The van der Waals surface area contributed by atoms with Crippen molar-refractivity contribution in [1.82, 2.24) is 9.80 Å². The molecule has 0 spiro atoms. The summed E-state index contributed by atoms with van der Waals surface area (Å²) >= 11 is 0. The lowest BCUT2D eigenvalue weighted by Crippen LogP contribution is -2.47. The Labute approximate surface area is 133 Å². The molecular weight excluding hydrogens is 276 g/mol. The Kier molecular flexibility index (Phi) is 6.40. The number of aliphatic hydroxyl groups is 1. The monoisotopic (exact) mass is 304 g/mol. The Balaban J connectivity index is 2.22. The van der Waals surface area contributed by atoms with Crippen molar-refractivity contribution in [3.8, 4) is 0 Å². The fourth-order valence-corrected chi connectivity index (χ4v) is 3.32. The number of likely N-dealkylation sites (tertiary alicyclic amines) is 1. The first-order chi connectivity index (χ1) is 10.7. The van der Waals surface area contributed by atoms with E-state index in [2.05, 4.69) is 18.7 Å². The molecule has 4 nitrogen and oxygen atoms in total. The van der Waals surface area contributed by atoms with Crippen molar-refractivity contribution < 1.29 is 9.90 Å². The van der Waals surface area contributed by atoms with Crippen molar-refractivity contribution >= 4 is 5.91 Å². The molecule has 0 aliphatic carbocycles. The van der Waals surface area contributed by atoms with Gasteiger partial charge in [0.25, 0.3) is 0 Å². The zero-order chi connectivity index (χ0) is 15.9. The normalized spacial score (nSPS) is 20.2. The van der Waals surface area contributed by atoms with Crippen LogP contribution in [0.5, 0.6) is 0 Å². The van der Waals surface area contributed by atoms with Crippen molar-refractivity contribution in [2.75, 3.05) is 32.8 Å². The highest BCUT2D eigenvalue weighted by molar-refractivity contribution is 5.83. The number of benzene rings is 1. The Bertz CT molecular complexity index is 459. The van der Waals surface area contributed by atoms with Crippen molar-refractivity contribution in [2.45, 2.75) is 32.7 Å². The quantitative estimate of drug-likeness (QED) is 0.877. The van der Waals surface area contributed by atoms with Crippen LogP contribution in [-0.2, 0) is 4.79 Å². The van der Waals surface area contributed by atoms with Crippen molar-refractivity contribution in [1.29, 1.82) is 0 Å². The number of aliphatic hydroxyl groups excluding tert-OH is 1. The number of likely N-dealkylation sites (N-methyl/N-ethyl adjacent to an activating group) is 1. The number of amides is 1. The van der Waals surface area contributed by atoms with E-state index >= 15 is 0 Å². The second kappa shape index (κ2) is 8.30. The molecule has 4 heteroatoms. The molecule has 0 saturated carbocycles. The van der Waals surface area contributed by atoms with E-state index in [4.69, 9.17) is 0 Å². The molecule has 1 amide bonds. The van der Waals surface area contributed by atoms with E-state index in [1.54, 1.807) is 0 Å². The lowest BCUT2D eigenvalue weighted by atomic mass is 9.96. The van der Waals surface area contributed by atoms with E-state index < -0.39 is 0 Å². The minimum absolute atomic E-state index is 0.172. The standard InChI is InChI=1S/C18H28N2O2/c1-3-19(4-2)17(16-10-6-5-7-11-16)18(22)20-12-8-9-15(13-20)14-21/h5-7,10-11,15,17,21H,3-4,8-9,12-14H2,1-2H3. The fraction of sp³-hybridized carbons (Fsp3) is 0.611. The van der Waals surface area contributed by atoms with E-state index in [1.165, 1.54) is 0 Å². The van der Waals surface area contributed by atoms with Gasteiger partial charge >= 0.3 is 0 Å².